The van der Waals surface area contributed by atoms with Gasteiger partial charge in [0.2, 0.25) is 0 Å². The molecule has 2 rings (SSSR count). The van der Waals surface area contributed by atoms with Crippen LogP contribution in [0.15, 0.2) is 18.3 Å². The van der Waals surface area contributed by atoms with Gasteiger partial charge in [-0.05, 0) is 31.4 Å². The van der Waals surface area contributed by atoms with Crippen molar-refractivity contribution in [2.45, 2.75) is 32.2 Å². The molecule has 0 aromatic carbocycles. The second kappa shape index (κ2) is 5.47. The maximum atomic E-state index is 5.95. The number of hydrogen-bond acceptors (Lipinski definition) is 2. The van der Waals surface area contributed by atoms with E-state index in [1.807, 2.05) is 12.1 Å². The van der Waals surface area contributed by atoms with Gasteiger partial charge in [-0.15, -0.1) is 0 Å². The minimum Gasteiger partial charge on any atom is -0.313 e. The van der Waals surface area contributed by atoms with Crippen molar-refractivity contribution in [3.05, 3.63) is 29.0 Å². The van der Waals surface area contributed by atoms with Gasteiger partial charge in [0.1, 0.15) is 5.15 Å². The maximum absolute atomic E-state index is 5.95. The summed E-state index contributed by atoms with van der Waals surface area (Å²) >= 11 is 5.95. The number of aromatic nitrogens is 1. The second-order valence-corrected chi connectivity index (χ2v) is 4.57. The van der Waals surface area contributed by atoms with Gasteiger partial charge in [-0.25, -0.2) is 4.98 Å². The zero-order valence-corrected chi connectivity index (χ0v) is 9.63. The third-order valence-corrected chi connectivity index (χ3v) is 3.15. The summed E-state index contributed by atoms with van der Waals surface area (Å²) in [7, 11) is 0. The zero-order chi connectivity index (χ0) is 10.5. The molecule has 0 amide bonds. The third kappa shape index (κ3) is 3.80. The van der Waals surface area contributed by atoms with E-state index >= 15 is 0 Å². The van der Waals surface area contributed by atoms with Gasteiger partial charge in [-0.2, -0.15) is 0 Å². The van der Waals surface area contributed by atoms with E-state index in [0.717, 1.165) is 24.6 Å². The van der Waals surface area contributed by atoms with Crippen LogP contribution in [0.25, 0.3) is 0 Å². The van der Waals surface area contributed by atoms with Gasteiger partial charge in [0.15, 0.2) is 0 Å². The summed E-state index contributed by atoms with van der Waals surface area (Å²) in [5.74, 6) is 1.04. The van der Waals surface area contributed by atoms with Crippen LogP contribution in [0, 0.1) is 5.92 Å². The molecule has 0 saturated heterocycles. The molecular formula is C12H17ClN2. The Kier molecular flexibility index (Phi) is 3.98. The molecule has 0 radical (unpaired) electrons. The fourth-order valence-corrected chi connectivity index (χ4v) is 1.88. The highest BCUT2D eigenvalue weighted by Gasteiger charge is 2.19. The van der Waals surface area contributed by atoms with Gasteiger partial charge < -0.3 is 5.32 Å². The third-order valence-electron chi connectivity index (χ3n) is 2.81. The minimum absolute atomic E-state index is 0.618. The number of pyridine rings is 1. The Morgan fingerprint density at radius 1 is 1.47 bits per heavy atom. The van der Waals surface area contributed by atoms with Crippen LogP contribution < -0.4 is 5.32 Å². The first-order valence-electron chi connectivity index (χ1n) is 5.66. The van der Waals surface area contributed by atoms with Crippen LogP contribution in [0.1, 0.15) is 31.2 Å². The van der Waals surface area contributed by atoms with Crippen LogP contribution >= 0.6 is 11.6 Å². The van der Waals surface area contributed by atoms with E-state index in [1.54, 1.807) is 6.20 Å². The van der Waals surface area contributed by atoms with Crippen molar-refractivity contribution in [1.29, 1.82) is 0 Å². The lowest BCUT2D eigenvalue weighted by Gasteiger charge is -2.05. The first kappa shape index (κ1) is 10.9. The van der Waals surface area contributed by atoms with Crippen molar-refractivity contribution < 1.29 is 0 Å². The molecular weight excluding hydrogens is 208 g/mol. The molecule has 2 nitrogen and oxygen atoms in total. The highest BCUT2D eigenvalue weighted by Crippen LogP contribution is 2.33. The molecule has 15 heavy (non-hydrogen) atoms. The smallest absolute Gasteiger partial charge is 0.133 e. The molecule has 1 aromatic heterocycles. The Hall–Kier alpha value is -0.600. The Morgan fingerprint density at radius 2 is 2.33 bits per heavy atom. The van der Waals surface area contributed by atoms with Gasteiger partial charge >= 0.3 is 0 Å². The number of rotatable bonds is 6. The number of nitrogens with zero attached hydrogens (tertiary/aromatic N) is 1. The van der Waals surface area contributed by atoms with Gasteiger partial charge in [0.25, 0.3) is 0 Å². The van der Waals surface area contributed by atoms with Gasteiger partial charge in [-0.1, -0.05) is 30.5 Å². The molecule has 3 heteroatoms. The molecule has 1 aromatic rings. The summed E-state index contributed by atoms with van der Waals surface area (Å²) in [6.07, 6.45) is 7.29. The first-order valence-corrected chi connectivity index (χ1v) is 6.04. The van der Waals surface area contributed by atoms with Crippen LogP contribution in [0.4, 0.5) is 0 Å². The second-order valence-electron chi connectivity index (χ2n) is 4.22. The van der Waals surface area contributed by atoms with Gasteiger partial charge in [-0.3, -0.25) is 0 Å². The van der Waals surface area contributed by atoms with Crippen molar-refractivity contribution in [2.24, 2.45) is 5.92 Å². The molecule has 0 aliphatic heterocycles. The van der Waals surface area contributed by atoms with Crippen molar-refractivity contribution in [1.82, 2.24) is 10.3 Å². The normalized spacial score (nSPS) is 15.5. The largest absolute Gasteiger partial charge is 0.313 e. The Morgan fingerprint density at radius 3 is 3.07 bits per heavy atom. The molecule has 1 fully saturated rings. The van der Waals surface area contributed by atoms with Crippen LogP contribution in [0.2, 0.25) is 5.15 Å². The highest BCUT2D eigenvalue weighted by molar-refractivity contribution is 6.30. The molecule has 0 spiro atoms. The molecule has 82 valence electrons. The first-order chi connectivity index (χ1) is 7.36. The standard InChI is InChI=1S/C12H17ClN2/c13-12-11(4-2-8-15-12)9-14-7-1-3-10-5-6-10/h2,4,8,10,14H,1,3,5-7,9H2. The molecule has 1 saturated carbocycles. The van der Waals surface area contributed by atoms with Crippen molar-refractivity contribution in [2.75, 3.05) is 6.54 Å². The van der Waals surface area contributed by atoms with E-state index in [4.69, 9.17) is 11.6 Å². The van der Waals surface area contributed by atoms with Crippen molar-refractivity contribution in [3.63, 3.8) is 0 Å². The number of halogens is 1. The number of nitrogens with one attached hydrogen (secondary N) is 1. The predicted octanol–water partition coefficient (Wildman–Crippen LogP) is 3.01. The van der Waals surface area contributed by atoms with Gasteiger partial charge in [0.05, 0.1) is 0 Å². The summed E-state index contributed by atoms with van der Waals surface area (Å²) < 4.78 is 0. The summed E-state index contributed by atoms with van der Waals surface area (Å²) in [6, 6.07) is 3.94. The molecule has 1 aliphatic rings. The van der Waals surface area contributed by atoms with E-state index < -0.39 is 0 Å². The van der Waals surface area contributed by atoms with Crippen LogP contribution in [-0.2, 0) is 6.54 Å². The Labute approximate surface area is 96.1 Å². The molecule has 0 atom stereocenters. The fraction of sp³-hybridized carbons (Fsp3) is 0.583. The summed E-state index contributed by atoms with van der Waals surface area (Å²) in [5.41, 5.74) is 1.09. The zero-order valence-electron chi connectivity index (χ0n) is 8.88. The lowest BCUT2D eigenvalue weighted by atomic mass is 10.2. The topological polar surface area (TPSA) is 24.9 Å². The van der Waals surface area contributed by atoms with Gasteiger partial charge in [0, 0.05) is 18.3 Å². The van der Waals surface area contributed by atoms with Crippen LogP contribution in [0.5, 0.6) is 0 Å². The monoisotopic (exact) mass is 224 g/mol. The summed E-state index contributed by atoms with van der Waals surface area (Å²) in [4.78, 5) is 4.04. The minimum atomic E-state index is 0.618. The Balaban J connectivity index is 1.62. The lowest BCUT2D eigenvalue weighted by Crippen LogP contribution is -2.15. The Bertz CT molecular complexity index is 310. The summed E-state index contributed by atoms with van der Waals surface area (Å²) in [6.45, 7) is 1.92. The quantitative estimate of drug-likeness (QED) is 0.594. The van der Waals surface area contributed by atoms with Crippen LogP contribution in [-0.4, -0.2) is 11.5 Å². The fourth-order valence-electron chi connectivity index (χ4n) is 1.70. The van der Waals surface area contributed by atoms with E-state index in [1.165, 1.54) is 25.7 Å². The average Bonchev–Trinajstić information content (AvgIpc) is 3.04. The van der Waals surface area contributed by atoms with E-state index in [0.29, 0.717) is 5.15 Å². The van der Waals surface area contributed by atoms with Crippen LogP contribution in [0.3, 0.4) is 0 Å². The maximum Gasteiger partial charge on any atom is 0.133 e. The molecule has 1 aliphatic carbocycles. The lowest BCUT2D eigenvalue weighted by molar-refractivity contribution is 0.593. The molecule has 0 unspecified atom stereocenters. The SMILES string of the molecule is Clc1ncccc1CNCCCC1CC1. The highest BCUT2D eigenvalue weighted by atomic mass is 35.5. The predicted molar refractivity (Wildman–Crippen MR) is 62.9 cm³/mol. The molecule has 1 heterocycles. The molecule has 0 bridgehead atoms. The van der Waals surface area contributed by atoms with Crippen molar-refractivity contribution >= 4 is 11.6 Å². The summed E-state index contributed by atoms with van der Waals surface area (Å²) in [5, 5.41) is 4.02. The van der Waals surface area contributed by atoms with E-state index in [9.17, 15) is 0 Å². The van der Waals surface area contributed by atoms with E-state index in [-0.39, 0.29) is 0 Å². The average molecular weight is 225 g/mol. The number of hydrogen-bond donors (Lipinski definition) is 1. The van der Waals surface area contributed by atoms with E-state index in [2.05, 4.69) is 10.3 Å². The van der Waals surface area contributed by atoms with Crippen molar-refractivity contribution in [3.8, 4) is 0 Å². The molecule has 1 N–H and O–H groups in total.